The zero-order valence-electron chi connectivity index (χ0n) is 9.12. The molecule has 2 saturated heterocycles. The Labute approximate surface area is 85.8 Å². The molecular formula is C11H20N2O. The molecule has 3 nitrogen and oxygen atoms in total. The zero-order valence-corrected chi connectivity index (χ0v) is 9.12. The molecular weight excluding hydrogens is 176 g/mol. The number of carbonyl (C=O) groups excluding carboxylic acids is 1. The highest BCUT2D eigenvalue weighted by atomic mass is 16.2. The van der Waals surface area contributed by atoms with E-state index in [9.17, 15) is 4.79 Å². The maximum atomic E-state index is 11.7. The van der Waals surface area contributed by atoms with Gasteiger partial charge in [0.1, 0.15) is 0 Å². The van der Waals surface area contributed by atoms with E-state index in [1.54, 1.807) is 0 Å². The number of carbonyl (C=O) groups is 1. The average Bonchev–Trinajstić information content (AvgIpc) is 2.44. The normalized spacial score (nSPS) is 32.5. The van der Waals surface area contributed by atoms with Gasteiger partial charge in [-0.2, -0.15) is 0 Å². The van der Waals surface area contributed by atoms with Gasteiger partial charge in [0, 0.05) is 31.1 Å². The molecule has 1 amide bonds. The Balaban J connectivity index is 2.02. The molecule has 2 unspecified atom stereocenters. The molecule has 2 fully saturated rings. The van der Waals surface area contributed by atoms with E-state index < -0.39 is 0 Å². The van der Waals surface area contributed by atoms with Crippen molar-refractivity contribution in [3.63, 3.8) is 0 Å². The van der Waals surface area contributed by atoms with Crippen LogP contribution in [0.3, 0.4) is 0 Å². The zero-order chi connectivity index (χ0) is 10.1. The highest BCUT2D eigenvalue weighted by Crippen LogP contribution is 2.28. The first-order valence-corrected chi connectivity index (χ1v) is 5.74. The number of amides is 1. The number of hydrogen-bond acceptors (Lipinski definition) is 2. The van der Waals surface area contributed by atoms with Crippen LogP contribution in [0.1, 0.15) is 39.5 Å². The van der Waals surface area contributed by atoms with Crippen molar-refractivity contribution in [3.8, 4) is 0 Å². The largest absolute Gasteiger partial charge is 0.338 e. The van der Waals surface area contributed by atoms with Gasteiger partial charge in [-0.15, -0.1) is 0 Å². The summed E-state index contributed by atoms with van der Waals surface area (Å²) in [5.41, 5.74) is 0. The molecule has 2 aliphatic heterocycles. The molecule has 2 heterocycles. The van der Waals surface area contributed by atoms with Crippen LogP contribution in [0, 0.1) is 0 Å². The predicted octanol–water partition coefficient (Wildman–Crippen LogP) is 1.14. The molecule has 14 heavy (non-hydrogen) atoms. The fraction of sp³-hybridized carbons (Fsp3) is 0.909. The van der Waals surface area contributed by atoms with Gasteiger partial charge >= 0.3 is 0 Å². The Morgan fingerprint density at radius 2 is 2.21 bits per heavy atom. The summed E-state index contributed by atoms with van der Waals surface area (Å²) in [6.07, 6.45) is 4.38. The quantitative estimate of drug-likeness (QED) is 0.718. The second-order valence-electron chi connectivity index (χ2n) is 4.78. The molecule has 0 aromatic carbocycles. The maximum absolute atomic E-state index is 11.7. The number of nitrogens with zero attached hydrogens (tertiary/aromatic N) is 1. The predicted molar refractivity (Wildman–Crippen MR) is 56.0 cm³/mol. The van der Waals surface area contributed by atoms with Crippen LogP contribution in [0.2, 0.25) is 0 Å². The molecule has 0 radical (unpaired) electrons. The van der Waals surface area contributed by atoms with E-state index in [4.69, 9.17) is 0 Å². The molecule has 2 rings (SSSR count). The van der Waals surface area contributed by atoms with Gasteiger partial charge in [0.2, 0.25) is 5.91 Å². The number of rotatable bonds is 2. The van der Waals surface area contributed by atoms with Crippen LogP contribution in [0.5, 0.6) is 0 Å². The lowest BCUT2D eigenvalue weighted by molar-refractivity contribution is -0.129. The van der Waals surface area contributed by atoms with E-state index in [1.807, 2.05) is 0 Å². The Kier molecular flexibility index (Phi) is 2.77. The van der Waals surface area contributed by atoms with E-state index in [1.165, 1.54) is 19.3 Å². The second-order valence-corrected chi connectivity index (χ2v) is 4.78. The minimum absolute atomic E-state index is 0.354. The lowest BCUT2D eigenvalue weighted by atomic mass is 9.98. The van der Waals surface area contributed by atoms with Crippen molar-refractivity contribution in [3.05, 3.63) is 0 Å². The van der Waals surface area contributed by atoms with Gasteiger partial charge in [-0.05, 0) is 19.3 Å². The minimum atomic E-state index is 0.354. The monoisotopic (exact) mass is 196 g/mol. The first-order chi connectivity index (χ1) is 6.68. The highest BCUT2D eigenvalue weighted by Gasteiger charge is 2.40. The van der Waals surface area contributed by atoms with Gasteiger partial charge in [-0.1, -0.05) is 13.8 Å². The molecule has 0 aromatic rings. The van der Waals surface area contributed by atoms with Gasteiger partial charge < -0.3 is 10.2 Å². The van der Waals surface area contributed by atoms with Crippen molar-refractivity contribution in [1.82, 2.24) is 10.2 Å². The standard InChI is InChI=1S/C11H20N2O/c1-8(2)12-9-7-11(14)13-6-4-3-5-10(9)13/h8-10,12H,3-7H2,1-2H3. The molecule has 0 saturated carbocycles. The van der Waals surface area contributed by atoms with Gasteiger partial charge in [-0.25, -0.2) is 0 Å². The van der Waals surface area contributed by atoms with Crippen molar-refractivity contribution in [1.29, 1.82) is 0 Å². The molecule has 1 N–H and O–H groups in total. The van der Waals surface area contributed by atoms with E-state index >= 15 is 0 Å². The SMILES string of the molecule is CC(C)NC1CC(=O)N2CCCCC12. The molecule has 2 atom stereocenters. The summed E-state index contributed by atoms with van der Waals surface area (Å²) in [5, 5.41) is 3.51. The van der Waals surface area contributed by atoms with Crippen LogP contribution in [-0.4, -0.2) is 35.5 Å². The third kappa shape index (κ3) is 1.78. The second kappa shape index (κ2) is 3.89. The topological polar surface area (TPSA) is 32.3 Å². The van der Waals surface area contributed by atoms with E-state index in [0.717, 1.165) is 6.54 Å². The molecule has 2 aliphatic rings. The van der Waals surface area contributed by atoms with E-state index in [2.05, 4.69) is 24.1 Å². The molecule has 0 spiro atoms. The van der Waals surface area contributed by atoms with Gasteiger partial charge in [0.25, 0.3) is 0 Å². The minimum Gasteiger partial charge on any atom is -0.338 e. The first kappa shape index (κ1) is 9.97. The third-order valence-corrected chi connectivity index (χ3v) is 3.28. The maximum Gasteiger partial charge on any atom is 0.224 e. The third-order valence-electron chi connectivity index (χ3n) is 3.28. The van der Waals surface area contributed by atoms with Crippen LogP contribution < -0.4 is 5.32 Å². The number of fused-ring (bicyclic) bond motifs is 1. The molecule has 0 bridgehead atoms. The lowest BCUT2D eigenvalue weighted by Gasteiger charge is -2.33. The van der Waals surface area contributed by atoms with E-state index in [0.29, 0.717) is 30.5 Å². The molecule has 0 aromatic heterocycles. The molecule has 3 heteroatoms. The first-order valence-electron chi connectivity index (χ1n) is 5.74. The summed E-state index contributed by atoms with van der Waals surface area (Å²) in [6, 6.07) is 1.37. The fourth-order valence-electron chi connectivity index (χ4n) is 2.72. The van der Waals surface area contributed by atoms with Gasteiger partial charge in [-0.3, -0.25) is 4.79 Å². The van der Waals surface area contributed by atoms with Gasteiger partial charge in [0.05, 0.1) is 0 Å². The summed E-state index contributed by atoms with van der Waals surface area (Å²) in [7, 11) is 0. The number of piperidine rings is 1. The van der Waals surface area contributed by atoms with Crippen molar-refractivity contribution < 1.29 is 4.79 Å². The van der Waals surface area contributed by atoms with Crippen molar-refractivity contribution >= 4 is 5.91 Å². The number of hydrogen-bond donors (Lipinski definition) is 1. The van der Waals surface area contributed by atoms with Crippen LogP contribution >= 0.6 is 0 Å². The summed E-state index contributed by atoms with van der Waals surface area (Å²) in [4.78, 5) is 13.8. The Morgan fingerprint density at radius 1 is 1.43 bits per heavy atom. The molecule has 80 valence electrons. The van der Waals surface area contributed by atoms with Crippen molar-refractivity contribution in [2.45, 2.75) is 57.7 Å². The Morgan fingerprint density at radius 3 is 2.93 bits per heavy atom. The summed E-state index contributed by atoms with van der Waals surface area (Å²) in [6.45, 7) is 5.28. The molecule has 0 aliphatic carbocycles. The fourth-order valence-corrected chi connectivity index (χ4v) is 2.72. The van der Waals surface area contributed by atoms with Crippen LogP contribution in [0.15, 0.2) is 0 Å². The Hall–Kier alpha value is -0.570. The smallest absolute Gasteiger partial charge is 0.224 e. The van der Waals surface area contributed by atoms with Crippen molar-refractivity contribution in [2.24, 2.45) is 0 Å². The van der Waals surface area contributed by atoms with Crippen LogP contribution in [0.25, 0.3) is 0 Å². The Bertz CT molecular complexity index is 227. The summed E-state index contributed by atoms with van der Waals surface area (Å²) < 4.78 is 0. The van der Waals surface area contributed by atoms with Crippen LogP contribution in [-0.2, 0) is 4.79 Å². The average molecular weight is 196 g/mol. The van der Waals surface area contributed by atoms with Gasteiger partial charge in [0.15, 0.2) is 0 Å². The number of nitrogens with one attached hydrogen (secondary N) is 1. The summed E-state index contributed by atoms with van der Waals surface area (Å²) in [5.74, 6) is 0.354. The summed E-state index contributed by atoms with van der Waals surface area (Å²) >= 11 is 0. The highest BCUT2D eigenvalue weighted by molar-refractivity contribution is 5.80. The van der Waals surface area contributed by atoms with Crippen molar-refractivity contribution in [2.75, 3.05) is 6.54 Å². The van der Waals surface area contributed by atoms with Crippen LogP contribution in [0.4, 0.5) is 0 Å². The van der Waals surface area contributed by atoms with E-state index in [-0.39, 0.29) is 0 Å². The lowest BCUT2D eigenvalue weighted by Crippen LogP contribution is -2.47.